The molecule has 0 unspecified atom stereocenters. The zero-order valence-electron chi connectivity index (χ0n) is 15.0. The number of nitrogens with one attached hydrogen (secondary N) is 2. The predicted octanol–water partition coefficient (Wildman–Crippen LogP) is 0.277. The highest BCUT2D eigenvalue weighted by Crippen LogP contribution is 2.28. The highest BCUT2D eigenvalue weighted by molar-refractivity contribution is 6.05. The molecule has 0 bridgehead atoms. The van der Waals surface area contributed by atoms with Gasteiger partial charge in [-0.15, -0.1) is 0 Å². The fourth-order valence-corrected chi connectivity index (χ4v) is 2.58. The first kappa shape index (κ1) is 19.5. The number of rotatable bonds is 9. The van der Waals surface area contributed by atoms with Crippen LogP contribution in [0.4, 0.5) is 4.79 Å². The average molecular weight is 365 g/mol. The van der Waals surface area contributed by atoms with Crippen molar-refractivity contribution in [3.8, 4) is 11.5 Å². The van der Waals surface area contributed by atoms with Gasteiger partial charge >= 0.3 is 6.03 Å². The molecule has 1 fully saturated rings. The third kappa shape index (κ3) is 4.63. The van der Waals surface area contributed by atoms with Gasteiger partial charge in [-0.3, -0.25) is 14.5 Å². The molecule has 0 aliphatic carbocycles. The highest BCUT2D eigenvalue weighted by Gasteiger charge is 2.39. The second-order valence-electron chi connectivity index (χ2n) is 5.66. The molecule has 0 spiro atoms. The number of nitrogens with zero attached hydrogens (tertiary/aromatic N) is 1. The molecule has 9 heteroatoms. The van der Waals surface area contributed by atoms with Gasteiger partial charge in [-0.2, -0.15) is 0 Å². The Hall–Kier alpha value is -2.81. The van der Waals surface area contributed by atoms with E-state index in [1.807, 2.05) is 0 Å². The summed E-state index contributed by atoms with van der Waals surface area (Å²) < 4.78 is 15.2. The highest BCUT2D eigenvalue weighted by atomic mass is 16.5. The van der Waals surface area contributed by atoms with Gasteiger partial charge in [0.25, 0.3) is 5.91 Å². The monoisotopic (exact) mass is 365 g/mol. The Balaban J connectivity index is 1.99. The van der Waals surface area contributed by atoms with Crippen LogP contribution in [0, 0.1) is 0 Å². The Morgan fingerprint density at radius 3 is 2.58 bits per heavy atom. The van der Waals surface area contributed by atoms with Crippen LogP contribution in [-0.2, 0) is 20.9 Å². The maximum atomic E-state index is 12.4. The molecular weight excluding hydrogens is 342 g/mol. The summed E-state index contributed by atoms with van der Waals surface area (Å²) in [7, 11) is 4.56. The number of methoxy groups -OCH3 is 3. The molecule has 26 heavy (non-hydrogen) atoms. The largest absolute Gasteiger partial charge is 0.493 e. The summed E-state index contributed by atoms with van der Waals surface area (Å²) in [5, 5.41) is 5.16. The first-order chi connectivity index (χ1) is 12.5. The number of urea groups is 1. The minimum atomic E-state index is -0.870. The van der Waals surface area contributed by atoms with Crippen molar-refractivity contribution in [2.24, 2.45) is 0 Å². The van der Waals surface area contributed by atoms with Gasteiger partial charge in [0.15, 0.2) is 11.5 Å². The molecule has 9 nitrogen and oxygen atoms in total. The summed E-state index contributed by atoms with van der Waals surface area (Å²) in [4.78, 5) is 37.5. The molecule has 1 aliphatic rings. The molecule has 4 amide bonds. The van der Waals surface area contributed by atoms with E-state index in [0.29, 0.717) is 30.2 Å². The van der Waals surface area contributed by atoms with Crippen molar-refractivity contribution in [3.63, 3.8) is 0 Å². The molecule has 0 radical (unpaired) electrons. The number of hydrogen-bond acceptors (Lipinski definition) is 6. The van der Waals surface area contributed by atoms with Crippen molar-refractivity contribution in [2.75, 3.05) is 34.5 Å². The van der Waals surface area contributed by atoms with Crippen LogP contribution in [0.25, 0.3) is 0 Å². The van der Waals surface area contributed by atoms with Gasteiger partial charge < -0.3 is 24.8 Å². The van der Waals surface area contributed by atoms with E-state index in [1.54, 1.807) is 18.2 Å². The molecule has 0 saturated carbocycles. The smallest absolute Gasteiger partial charge is 0.325 e. The van der Waals surface area contributed by atoms with E-state index in [4.69, 9.17) is 14.2 Å². The van der Waals surface area contributed by atoms with Crippen LogP contribution in [0.3, 0.4) is 0 Å². The topological polar surface area (TPSA) is 106 Å². The van der Waals surface area contributed by atoms with Crippen molar-refractivity contribution in [3.05, 3.63) is 23.8 Å². The standard InChI is InChI=1S/C17H23N3O6/c1-24-7-6-18-15(21)9-12-16(22)20(17(23)19-12)10-11-4-5-13(25-2)14(8-11)26-3/h4-5,8,12H,6-7,9-10H2,1-3H3,(H,18,21)(H,19,23)/t12-/m1/s1. The van der Waals surface area contributed by atoms with Crippen LogP contribution in [0.15, 0.2) is 18.2 Å². The van der Waals surface area contributed by atoms with Crippen LogP contribution < -0.4 is 20.1 Å². The molecule has 1 aromatic carbocycles. The van der Waals surface area contributed by atoms with Gasteiger partial charge in [-0.05, 0) is 17.7 Å². The number of ether oxygens (including phenoxy) is 3. The molecule has 1 aliphatic heterocycles. The molecule has 2 rings (SSSR count). The van der Waals surface area contributed by atoms with Crippen molar-refractivity contribution in [1.82, 2.24) is 15.5 Å². The molecule has 142 valence electrons. The van der Waals surface area contributed by atoms with E-state index >= 15 is 0 Å². The van der Waals surface area contributed by atoms with Crippen molar-refractivity contribution in [1.29, 1.82) is 0 Å². The Kier molecular flexibility index (Phi) is 6.79. The summed E-state index contributed by atoms with van der Waals surface area (Å²) in [5.41, 5.74) is 0.705. The molecule has 1 aromatic rings. The normalized spacial score (nSPS) is 16.4. The SMILES string of the molecule is COCCNC(=O)C[C@H]1NC(=O)N(Cc2ccc(OC)c(OC)c2)C1=O. The number of carbonyl (C=O) groups is 3. The summed E-state index contributed by atoms with van der Waals surface area (Å²) in [6.45, 7) is 0.800. The van der Waals surface area contributed by atoms with E-state index < -0.39 is 18.0 Å². The molecule has 1 saturated heterocycles. The number of benzene rings is 1. The van der Waals surface area contributed by atoms with Gasteiger partial charge in [-0.1, -0.05) is 6.07 Å². The zero-order valence-corrected chi connectivity index (χ0v) is 15.0. The van der Waals surface area contributed by atoms with Crippen molar-refractivity contribution < 1.29 is 28.6 Å². The van der Waals surface area contributed by atoms with E-state index in [0.717, 1.165) is 4.90 Å². The van der Waals surface area contributed by atoms with E-state index in [1.165, 1.54) is 21.3 Å². The van der Waals surface area contributed by atoms with E-state index in [2.05, 4.69) is 10.6 Å². The molecule has 1 atom stereocenters. The summed E-state index contributed by atoms with van der Waals surface area (Å²) in [5.74, 6) is 0.297. The zero-order chi connectivity index (χ0) is 19.1. The van der Waals surface area contributed by atoms with Gasteiger partial charge in [0.1, 0.15) is 6.04 Å². The third-order valence-corrected chi connectivity index (χ3v) is 3.91. The number of carbonyl (C=O) groups excluding carboxylic acids is 3. The Labute approximate surface area is 151 Å². The third-order valence-electron chi connectivity index (χ3n) is 3.91. The quantitative estimate of drug-likeness (QED) is 0.481. The fourth-order valence-electron chi connectivity index (χ4n) is 2.58. The summed E-state index contributed by atoms with van der Waals surface area (Å²) in [6, 6.07) is 3.74. The maximum Gasteiger partial charge on any atom is 0.325 e. The lowest BCUT2D eigenvalue weighted by Gasteiger charge is -2.15. The maximum absolute atomic E-state index is 12.4. The second kappa shape index (κ2) is 9.04. The number of amides is 4. The van der Waals surface area contributed by atoms with Gasteiger partial charge in [0.2, 0.25) is 5.91 Å². The Morgan fingerprint density at radius 2 is 1.92 bits per heavy atom. The van der Waals surface area contributed by atoms with Crippen molar-refractivity contribution in [2.45, 2.75) is 19.0 Å². The van der Waals surface area contributed by atoms with Crippen LogP contribution in [0.5, 0.6) is 11.5 Å². The summed E-state index contributed by atoms with van der Waals surface area (Å²) in [6.07, 6.45) is -0.114. The lowest BCUT2D eigenvalue weighted by molar-refractivity contribution is -0.131. The fraction of sp³-hybridized carbons (Fsp3) is 0.471. The van der Waals surface area contributed by atoms with Crippen molar-refractivity contribution >= 4 is 17.8 Å². The lowest BCUT2D eigenvalue weighted by Crippen LogP contribution is -2.37. The van der Waals surface area contributed by atoms with Crippen LogP contribution >= 0.6 is 0 Å². The van der Waals surface area contributed by atoms with Crippen LogP contribution in [0.1, 0.15) is 12.0 Å². The van der Waals surface area contributed by atoms with Crippen LogP contribution in [-0.4, -0.2) is 63.3 Å². The van der Waals surface area contributed by atoms with Crippen LogP contribution in [0.2, 0.25) is 0 Å². The number of imide groups is 1. The lowest BCUT2D eigenvalue weighted by atomic mass is 10.1. The first-order valence-electron chi connectivity index (χ1n) is 8.08. The molecular formula is C17H23N3O6. The second-order valence-corrected chi connectivity index (χ2v) is 5.66. The number of hydrogen-bond donors (Lipinski definition) is 2. The van der Waals surface area contributed by atoms with E-state index in [-0.39, 0.29) is 18.9 Å². The Morgan fingerprint density at radius 1 is 1.19 bits per heavy atom. The average Bonchev–Trinajstić information content (AvgIpc) is 2.89. The Bertz CT molecular complexity index is 678. The minimum absolute atomic E-state index is 0.0762. The molecule has 2 N–H and O–H groups in total. The summed E-state index contributed by atoms with van der Waals surface area (Å²) >= 11 is 0. The van der Waals surface area contributed by atoms with Gasteiger partial charge in [0.05, 0.1) is 33.8 Å². The van der Waals surface area contributed by atoms with E-state index in [9.17, 15) is 14.4 Å². The van der Waals surface area contributed by atoms with Gasteiger partial charge in [-0.25, -0.2) is 4.79 Å². The molecule has 1 heterocycles. The molecule has 0 aromatic heterocycles. The minimum Gasteiger partial charge on any atom is -0.493 e. The van der Waals surface area contributed by atoms with Gasteiger partial charge in [0, 0.05) is 13.7 Å². The predicted molar refractivity (Wildman–Crippen MR) is 91.9 cm³/mol. The first-order valence-corrected chi connectivity index (χ1v) is 8.08.